The van der Waals surface area contributed by atoms with E-state index in [9.17, 15) is 27.6 Å². The van der Waals surface area contributed by atoms with Gasteiger partial charge in [0.05, 0.1) is 25.1 Å². The normalized spacial score (nSPS) is 13.0. The van der Waals surface area contributed by atoms with Crippen LogP contribution in [0.4, 0.5) is 13.2 Å². The number of hydrogen-bond donors (Lipinski definition) is 3. The minimum Gasteiger partial charge on any atom is -0.469 e. The molecule has 0 radical (unpaired) electrons. The van der Waals surface area contributed by atoms with Gasteiger partial charge in [-0.05, 0) is 41.8 Å². The second-order valence-electron chi connectivity index (χ2n) is 7.27. The van der Waals surface area contributed by atoms with Crippen LogP contribution in [0.1, 0.15) is 58.9 Å². The van der Waals surface area contributed by atoms with Gasteiger partial charge in [-0.15, -0.1) is 0 Å². The number of methoxy groups -OCH3 is 1. The monoisotopic (exact) mass is 465 g/mol. The molecule has 0 aliphatic heterocycles. The molecule has 4 N–H and O–H groups in total. The maximum absolute atomic E-state index is 12.7. The van der Waals surface area contributed by atoms with E-state index in [1.807, 2.05) is 6.92 Å². The third kappa shape index (κ3) is 7.31. The third-order valence-corrected chi connectivity index (χ3v) is 5.02. The van der Waals surface area contributed by atoms with Crippen LogP contribution in [0.25, 0.3) is 0 Å². The molecule has 2 rings (SSSR count). The summed E-state index contributed by atoms with van der Waals surface area (Å²) in [6.45, 7) is 1.99. The molecule has 2 aromatic carbocycles. The molecule has 0 heterocycles. The molecule has 0 saturated heterocycles. The summed E-state index contributed by atoms with van der Waals surface area (Å²) in [5.41, 5.74) is 6.49. The zero-order chi connectivity index (χ0) is 24.6. The molecular weight excluding hydrogens is 439 g/mol. The number of carbonyl (C=O) groups excluding carboxylic acids is 3. The van der Waals surface area contributed by atoms with Gasteiger partial charge < -0.3 is 21.1 Å². The fourth-order valence-electron chi connectivity index (χ4n) is 3.06. The molecule has 0 aromatic heterocycles. The highest BCUT2D eigenvalue weighted by Gasteiger charge is 2.30. The van der Waals surface area contributed by atoms with Crippen LogP contribution in [0.2, 0.25) is 0 Å². The lowest BCUT2D eigenvalue weighted by Crippen LogP contribution is -2.36. The maximum Gasteiger partial charge on any atom is 0.416 e. The van der Waals surface area contributed by atoms with E-state index >= 15 is 0 Å². The van der Waals surface area contributed by atoms with Crippen molar-refractivity contribution in [3.05, 3.63) is 70.8 Å². The van der Waals surface area contributed by atoms with E-state index in [0.29, 0.717) is 12.0 Å². The second-order valence-corrected chi connectivity index (χ2v) is 7.27. The number of esters is 1. The largest absolute Gasteiger partial charge is 0.469 e. The van der Waals surface area contributed by atoms with Crippen LogP contribution < -0.4 is 16.4 Å². The summed E-state index contributed by atoms with van der Waals surface area (Å²) in [6.07, 6.45) is -3.89. The Hall–Kier alpha value is -3.40. The fraction of sp³-hybridized carbons (Fsp3) is 0.348. The Morgan fingerprint density at radius 2 is 1.58 bits per heavy atom. The smallest absolute Gasteiger partial charge is 0.416 e. The molecule has 2 atom stereocenters. The summed E-state index contributed by atoms with van der Waals surface area (Å²) < 4.78 is 42.7. The van der Waals surface area contributed by atoms with Gasteiger partial charge in [-0.2, -0.15) is 13.2 Å². The van der Waals surface area contributed by atoms with Gasteiger partial charge in [0.1, 0.15) is 6.04 Å². The maximum atomic E-state index is 12.7. The lowest BCUT2D eigenvalue weighted by molar-refractivity contribution is -0.140. The summed E-state index contributed by atoms with van der Waals surface area (Å²) in [4.78, 5) is 35.8. The summed E-state index contributed by atoms with van der Waals surface area (Å²) >= 11 is 0. The Labute approximate surface area is 189 Å². The van der Waals surface area contributed by atoms with E-state index < -0.39 is 35.7 Å². The number of halogens is 3. The average molecular weight is 465 g/mol. The number of alkyl halides is 3. The molecule has 7 nitrogen and oxygen atoms in total. The average Bonchev–Trinajstić information content (AvgIpc) is 2.81. The summed E-state index contributed by atoms with van der Waals surface area (Å²) in [6, 6.07) is 9.14. The fourth-order valence-corrected chi connectivity index (χ4v) is 3.06. The van der Waals surface area contributed by atoms with Crippen LogP contribution in [-0.4, -0.2) is 31.4 Å². The molecule has 178 valence electrons. The minimum atomic E-state index is -4.47. The first kappa shape index (κ1) is 25.9. The van der Waals surface area contributed by atoms with Gasteiger partial charge in [-0.1, -0.05) is 31.2 Å². The molecule has 0 saturated carbocycles. The van der Waals surface area contributed by atoms with Crippen molar-refractivity contribution in [2.24, 2.45) is 5.73 Å². The van der Waals surface area contributed by atoms with Gasteiger partial charge in [0, 0.05) is 12.1 Å². The number of amides is 2. The van der Waals surface area contributed by atoms with Gasteiger partial charge in [0.15, 0.2) is 0 Å². The molecule has 0 aliphatic carbocycles. The van der Waals surface area contributed by atoms with Crippen molar-refractivity contribution in [3.63, 3.8) is 0 Å². The van der Waals surface area contributed by atoms with Crippen LogP contribution in [-0.2, 0) is 20.5 Å². The van der Waals surface area contributed by atoms with Crippen molar-refractivity contribution in [1.82, 2.24) is 10.6 Å². The second kappa shape index (κ2) is 11.5. The van der Waals surface area contributed by atoms with E-state index in [-0.39, 0.29) is 24.4 Å². The highest BCUT2D eigenvalue weighted by molar-refractivity contribution is 5.94. The number of benzene rings is 2. The molecular formula is C23H26F3N3O4. The van der Waals surface area contributed by atoms with Crippen molar-refractivity contribution >= 4 is 17.8 Å². The molecule has 0 spiro atoms. The van der Waals surface area contributed by atoms with Crippen molar-refractivity contribution in [3.8, 4) is 0 Å². The number of ether oxygens (including phenoxy) is 1. The summed E-state index contributed by atoms with van der Waals surface area (Å²) in [5, 5.41) is 5.40. The van der Waals surface area contributed by atoms with E-state index in [4.69, 9.17) is 5.73 Å². The first-order valence-electron chi connectivity index (χ1n) is 10.2. The van der Waals surface area contributed by atoms with Crippen LogP contribution in [0.5, 0.6) is 0 Å². The number of nitrogens with two attached hydrogens (primary N) is 1. The molecule has 2 aromatic rings. The highest BCUT2D eigenvalue weighted by Crippen LogP contribution is 2.30. The predicted octanol–water partition coefficient (Wildman–Crippen LogP) is 3.27. The molecule has 2 unspecified atom stereocenters. The van der Waals surface area contributed by atoms with Crippen LogP contribution in [0.3, 0.4) is 0 Å². The molecule has 10 heteroatoms. The quantitative estimate of drug-likeness (QED) is 0.493. The van der Waals surface area contributed by atoms with Gasteiger partial charge in [0.25, 0.3) is 5.91 Å². The Morgan fingerprint density at radius 3 is 2.09 bits per heavy atom. The zero-order valence-electron chi connectivity index (χ0n) is 18.2. The summed E-state index contributed by atoms with van der Waals surface area (Å²) in [5.74, 6) is -1.32. The SMILES string of the molecule is CCC(NC(=O)C(N)c1ccc(C(F)(F)F)cc1)c1ccc(C(=O)NCCC(=O)OC)cc1. The Bertz CT molecular complexity index is 960. The van der Waals surface area contributed by atoms with Crippen LogP contribution >= 0.6 is 0 Å². The van der Waals surface area contributed by atoms with Crippen molar-refractivity contribution < 1.29 is 32.3 Å². The van der Waals surface area contributed by atoms with Crippen LogP contribution in [0, 0.1) is 0 Å². The van der Waals surface area contributed by atoms with Crippen LogP contribution in [0.15, 0.2) is 48.5 Å². The van der Waals surface area contributed by atoms with E-state index in [1.54, 1.807) is 24.3 Å². The molecule has 2 amide bonds. The van der Waals surface area contributed by atoms with E-state index in [1.165, 1.54) is 19.2 Å². The van der Waals surface area contributed by atoms with Gasteiger partial charge in [-0.25, -0.2) is 0 Å². The topological polar surface area (TPSA) is 111 Å². The number of rotatable bonds is 9. The number of carbonyl (C=O) groups is 3. The van der Waals surface area contributed by atoms with Crippen molar-refractivity contribution in [1.29, 1.82) is 0 Å². The van der Waals surface area contributed by atoms with Crippen molar-refractivity contribution in [2.75, 3.05) is 13.7 Å². The third-order valence-electron chi connectivity index (χ3n) is 5.02. The Kier molecular flexibility index (Phi) is 8.98. The van der Waals surface area contributed by atoms with Crippen molar-refractivity contribution in [2.45, 2.75) is 38.0 Å². The first-order valence-corrected chi connectivity index (χ1v) is 10.2. The number of hydrogen-bond acceptors (Lipinski definition) is 5. The molecule has 33 heavy (non-hydrogen) atoms. The van der Waals surface area contributed by atoms with Gasteiger partial charge in [-0.3, -0.25) is 14.4 Å². The lowest BCUT2D eigenvalue weighted by atomic mass is 10.0. The first-order chi connectivity index (χ1) is 15.6. The molecule has 0 bridgehead atoms. The lowest BCUT2D eigenvalue weighted by Gasteiger charge is -2.21. The Balaban J connectivity index is 1.99. The Morgan fingerprint density at radius 1 is 1.00 bits per heavy atom. The zero-order valence-corrected chi connectivity index (χ0v) is 18.2. The van der Waals surface area contributed by atoms with Gasteiger partial charge >= 0.3 is 12.1 Å². The predicted molar refractivity (Wildman–Crippen MR) is 115 cm³/mol. The van der Waals surface area contributed by atoms with E-state index in [2.05, 4.69) is 15.4 Å². The van der Waals surface area contributed by atoms with Gasteiger partial charge in [0.2, 0.25) is 5.91 Å². The summed E-state index contributed by atoms with van der Waals surface area (Å²) in [7, 11) is 1.27. The minimum absolute atomic E-state index is 0.0590. The standard InChI is InChI=1S/C23H26F3N3O4/c1-3-18(14-4-6-16(7-5-14)21(31)28-13-12-19(30)33-2)29-22(32)20(27)15-8-10-17(11-9-15)23(24,25)26/h4-11,18,20H,3,12-13,27H2,1-2H3,(H,28,31)(H,29,32). The van der Waals surface area contributed by atoms with E-state index in [0.717, 1.165) is 17.7 Å². The molecule has 0 fully saturated rings. The molecule has 0 aliphatic rings. The number of nitrogens with one attached hydrogen (secondary N) is 2. The highest BCUT2D eigenvalue weighted by atomic mass is 19.4.